The molecule has 1 fully saturated rings. The van der Waals surface area contributed by atoms with E-state index in [0.29, 0.717) is 6.54 Å². The van der Waals surface area contributed by atoms with Gasteiger partial charge in [0.1, 0.15) is 11.2 Å². The fourth-order valence-electron chi connectivity index (χ4n) is 2.68. The highest BCUT2D eigenvalue weighted by atomic mass is 32.2. The van der Waals surface area contributed by atoms with Crippen molar-refractivity contribution >= 4 is 23.5 Å². The predicted molar refractivity (Wildman–Crippen MR) is 93.1 cm³/mol. The minimum absolute atomic E-state index is 0.139. The second-order valence-electron chi connectivity index (χ2n) is 5.46. The zero-order chi connectivity index (χ0) is 16.2. The first-order valence-corrected chi connectivity index (χ1v) is 8.76. The van der Waals surface area contributed by atoms with Crippen molar-refractivity contribution in [1.82, 2.24) is 4.90 Å². The second kappa shape index (κ2) is 7.04. The number of anilines is 1. The van der Waals surface area contributed by atoms with Crippen LogP contribution in [0.25, 0.3) is 0 Å². The number of carbonyl (C=O) groups is 1. The van der Waals surface area contributed by atoms with Gasteiger partial charge in [-0.25, -0.2) is 9.18 Å². The average molecular weight is 330 g/mol. The summed E-state index contributed by atoms with van der Waals surface area (Å²) in [4.78, 5) is 14.4. The number of benzene rings is 2. The number of thioether (sulfide) groups is 1. The fourth-order valence-corrected chi connectivity index (χ4v) is 3.92. The molecular weight excluding hydrogens is 311 g/mol. The normalized spacial score (nSPS) is 17.3. The SMILES string of the molecule is CCc1cccc(NC(=O)N2CCS[C@H]2c2cccc(F)c2)c1. The topological polar surface area (TPSA) is 32.3 Å². The van der Waals surface area contributed by atoms with E-state index in [2.05, 4.69) is 12.2 Å². The number of urea groups is 1. The van der Waals surface area contributed by atoms with E-state index in [1.807, 2.05) is 30.3 Å². The Labute approximate surface area is 139 Å². The van der Waals surface area contributed by atoms with Crippen molar-refractivity contribution in [1.29, 1.82) is 0 Å². The van der Waals surface area contributed by atoms with Gasteiger partial charge in [0.05, 0.1) is 0 Å². The predicted octanol–water partition coefficient (Wildman–Crippen LogP) is 4.67. The van der Waals surface area contributed by atoms with E-state index in [1.165, 1.54) is 17.7 Å². The number of nitrogens with zero attached hydrogens (tertiary/aromatic N) is 1. The van der Waals surface area contributed by atoms with Gasteiger partial charge in [-0.05, 0) is 41.8 Å². The van der Waals surface area contributed by atoms with Crippen molar-refractivity contribution < 1.29 is 9.18 Å². The molecular formula is C18H19FN2OS. The van der Waals surface area contributed by atoms with Crippen molar-refractivity contribution in [3.63, 3.8) is 0 Å². The molecule has 5 heteroatoms. The summed E-state index contributed by atoms with van der Waals surface area (Å²) in [7, 11) is 0. The molecule has 1 atom stereocenters. The molecule has 23 heavy (non-hydrogen) atoms. The summed E-state index contributed by atoms with van der Waals surface area (Å²) in [6.45, 7) is 2.74. The number of rotatable bonds is 3. The standard InChI is InChI=1S/C18H19FN2OS/c1-2-13-5-3-8-16(11-13)20-18(22)21-9-10-23-17(21)14-6-4-7-15(19)12-14/h3-8,11-12,17H,2,9-10H2,1H3,(H,20,22)/t17-/m0/s1. The lowest BCUT2D eigenvalue weighted by molar-refractivity contribution is 0.214. The maximum absolute atomic E-state index is 13.5. The molecule has 2 aromatic rings. The molecule has 120 valence electrons. The van der Waals surface area contributed by atoms with Gasteiger partial charge in [-0.1, -0.05) is 31.2 Å². The van der Waals surface area contributed by atoms with Gasteiger partial charge in [0.25, 0.3) is 0 Å². The Bertz CT molecular complexity index is 707. The Morgan fingerprint density at radius 3 is 2.91 bits per heavy atom. The molecule has 0 spiro atoms. The third-order valence-corrected chi connectivity index (χ3v) is 5.13. The lowest BCUT2D eigenvalue weighted by atomic mass is 10.1. The first-order valence-electron chi connectivity index (χ1n) is 7.71. The van der Waals surface area contributed by atoms with E-state index in [4.69, 9.17) is 0 Å². The smallest absolute Gasteiger partial charge is 0.308 e. The van der Waals surface area contributed by atoms with Crippen LogP contribution in [0, 0.1) is 5.82 Å². The molecule has 0 unspecified atom stereocenters. The molecule has 2 aromatic carbocycles. The first-order chi connectivity index (χ1) is 11.2. The minimum Gasteiger partial charge on any atom is -0.308 e. The number of hydrogen-bond acceptors (Lipinski definition) is 2. The van der Waals surface area contributed by atoms with Crippen LogP contribution in [-0.2, 0) is 6.42 Å². The van der Waals surface area contributed by atoms with E-state index in [9.17, 15) is 9.18 Å². The van der Waals surface area contributed by atoms with Crippen molar-refractivity contribution in [2.75, 3.05) is 17.6 Å². The van der Waals surface area contributed by atoms with E-state index in [0.717, 1.165) is 23.4 Å². The largest absolute Gasteiger partial charge is 0.323 e. The molecule has 1 saturated heterocycles. The van der Waals surface area contributed by atoms with E-state index in [1.54, 1.807) is 22.7 Å². The molecule has 1 heterocycles. The van der Waals surface area contributed by atoms with Crippen molar-refractivity contribution in [3.05, 3.63) is 65.5 Å². The molecule has 2 amide bonds. The Balaban J connectivity index is 1.75. The fraction of sp³-hybridized carbons (Fsp3) is 0.278. The summed E-state index contributed by atoms with van der Waals surface area (Å²) in [5.74, 6) is 0.579. The molecule has 0 saturated carbocycles. The lowest BCUT2D eigenvalue weighted by Crippen LogP contribution is -2.34. The van der Waals surface area contributed by atoms with Gasteiger partial charge >= 0.3 is 6.03 Å². The summed E-state index contributed by atoms with van der Waals surface area (Å²) < 4.78 is 13.5. The van der Waals surface area contributed by atoms with Crippen molar-refractivity contribution in [2.24, 2.45) is 0 Å². The molecule has 1 aliphatic rings. The number of nitrogens with one attached hydrogen (secondary N) is 1. The van der Waals surface area contributed by atoms with Crippen LogP contribution in [0.4, 0.5) is 14.9 Å². The maximum Gasteiger partial charge on any atom is 0.323 e. The molecule has 3 rings (SSSR count). The maximum atomic E-state index is 13.5. The van der Waals surface area contributed by atoms with Gasteiger partial charge in [-0.15, -0.1) is 11.8 Å². The lowest BCUT2D eigenvalue weighted by Gasteiger charge is -2.24. The molecule has 1 aliphatic heterocycles. The van der Waals surface area contributed by atoms with Crippen LogP contribution in [0.1, 0.15) is 23.4 Å². The summed E-state index contributed by atoms with van der Waals surface area (Å²) >= 11 is 1.66. The van der Waals surface area contributed by atoms with E-state index >= 15 is 0 Å². The summed E-state index contributed by atoms with van der Waals surface area (Å²) in [6.07, 6.45) is 0.926. The Morgan fingerprint density at radius 1 is 1.30 bits per heavy atom. The second-order valence-corrected chi connectivity index (χ2v) is 6.64. The van der Waals surface area contributed by atoms with Crippen LogP contribution in [0.5, 0.6) is 0 Å². The van der Waals surface area contributed by atoms with Gasteiger partial charge in [0, 0.05) is 18.0 Å². The van der Waals surface area contributed by atoms with E-state index < -0.39 is 0 Å². The van der Waals surface area contributed by atoms with Crippen LogP contribution in [0.2, 0.25) is 0 Å². The van der Waals surface area contributed by atoms with E-state index in [-0.39, 0.29) is 17.2 Å². The van der Waals surface area contributed by atoms with Crippen LogP contribution < -0.4 is 5.32 Å². The van der Waals surface area contributed by atoms with Crippen LogP contribution in [-0.4, -0.2) is 23.2 Å². The summed E-state index contributed by atoms with van der Waals surface area (Å²) in [6, 6.07) is 14.2. The van der Waals surface area contributed by atoms with Crippen LogP contribution in [0.3, 0.4) is 0 Å². The van der Waals surface area contributed by atoms with Gasteiger partial charge in [0.15, 0.2) is 0 Å². The van der Waals surface area contributed by atoms with Gasteiger partial charge in [-0.3, -0.25) is 0 Å². The number of amides is 2. The Kier molecular flexibility index (Phi) is 4.86. The third-order valence-electron chi connectivity index (χ3n) is 3.87. The Morgan fingerprint density at radius 2 is 2.13 bits per heavy atom. The van der Waals surface area contributed by atoms with Gasteiger partial charge in [0.2, 0.25) is 0 Å². The third kappa shape index (κ3) is 3.67. The first kappa shape index (κ1) is 15.9. The van der Waals surface area contributed by atoms with Crippen molar-refractivity contribution in [3.8, 4) is 0 Å². The molecule has 3 nitrogen and oxygen atoms in total. The number of hydrogen-bond donors (Lipinski definition) is 1. The van der Waals surface area contributed by atoms with Crippen LogP contribution in [0.15, 0.2) is 48.5 Å². The van der Waals surface area contributed by atoms with Gasteiger partial charge in [-0.2, -0.15) is 0 Å². The zero-order valence-corrected chi connectivity index (χ0v) is 13.8. The monoisotopic (exact) mass is 330 g/mol. The number of carbonyl (C=O) groups excluding carboxylic acids is 1. The molecule has 0 aromatic heterocycles. The quantitative estimate of drug-likeness (QED) is 0.887. The van der Waals surface area contributed by atoms with Crippen LogP contribution >= 0.6 is 11.8 Å². The highest BCUT2D eigenvalue weighted by Gasteiger charge is 2.30. The molecule has 1 N–H and O–H groups in total. The highest BCUT2D eigenvalue weighted by Crippen LogP contribution is 2.38. The number of aryl methyl sites for hydroxylation is 1. The average Bonchev–Trinajstić information content (AvgIpc) is 3.05. The van der Waals surface area contributed by atoms with Gasteiger partial charge < -0.3 is 10.2 Å². The van der Waals surface area contributed by atoms with Crippen molar-refractivity contribution in [2.45, 2.75) is 18.7 Å². The summed E-state index contributed by atoms with van der Waals surface area (Å²) in [5, 5.41) is 2.81. The zero-order valence-electron chi connectivity index (χ0n) is 13.0. The number of halogens is 1. The molecule has 0 radical (unpaired) electrons. The molecule has 0 bridgehead atoms. The minimum atomic E-state index is -0.272. The molecule has 0 aliphatic carbocycles. The highest BCUT2D eigenvalue weighted by molar-refractivity contribution is 7.99. The Hall–Kier alpha value is -2.01. The summed E-state index contributed by atoms with van der Waals surface area (Å²) in [5.41, 5.74) is 2.80.